The Morgan fingerprint density at radius 3 is 2.73 bits per heavy atom. The molecule has 0 saturated heterocycles. The molecule has 3 rings (SSSR count). The molecule has 2 N–H and O–H groups in total. The molecule has 2 heterocycles. The maximum atomic E-state index is 12.1. The van der Waals surface area contributed by atoms with E-state index in [4.69, 9.17) is 0 Å². The van der Waals surface area contributed by atoms with Crippen LogP contribution in [-0.2, 0) is 18.4 Å². The zero-order valence-electron chi connectivity index (χ0n) is 14.6. The number of anilines is 1. The van der Waals surface area contributed by atoms with Crippen molar-refractivity contribution in [2.75, 3.05) is 11.9 Å². The van der Waals surface area contributed by atoms with Crippen LogP contribution in [0.2, 0.25) is 0 Å². The number of rotatable bonds is 6. The fourth-order valence-corrected chi connectivity index (χ4v) is 2.61. The summed E-state index contributed by atoms with van der Waals surface area (Å²) in [5.74, 6) is -0.635. The molecule has 0 bridgehead atoms. The smallest absolute Gasteiger partial charge is 0.269 e. The van der Waals surface area contributed by atoms with Gasteiger partial charge in [0.25, 0.3) is 5.91 Å². The molecule has 26 heavy (non-hydrogen) atoms. The van der Waals surface area contributed by atoms with Crippen molar-refractivity contribution in [2.24, 2.45) is 7.05 Å². The molecule has 0 saturated carbocycles. The molecular weight excluding hydrogens is 332 g/mol. The minimum absolute atomic E-state index is 0.119. The van der Waals surface area contributed by atoms with Crippen LogP contribution in [0.1, 0.15) is 21.7 Å². The second kappa shape index (κ2) is 7.64. The van der Waals surface area contributed by atoms with Crippen LogP contribution in [0.4, 0.5) is 5.69 Å². The first-order chi connectivity index (χ1) is 12.5. The van der Waals surface area contributed by atoms with E-state index >= 15 is 0 Å². The van der Waals surface area contributed by atoms with Gasteiger partial charge in [-0.05, 0) is 36.8 Å². The van der Waals surface area contributed by atoms with Crippen LogP contribution in [0.15, 0.2) is 48.8 Å². The molecule has 2 amide bonds. The molecule has 0 unspecified atom stereocenters. The first-order valence-corrected chi connectivity index (χ1v) is 8.16. The van der Waals surface area contributed by atoms with Gasteiger partial charge in [0.1, 0.15) is 5.69 Å². The second-order valence-electron chi connectivity index (χ2n) is 5.93. The van der Waals surface area contributed by atoms with Crippen LogP contribution in [0, 0.1) is 6.92 Å². The molecule has 0 atom stereocenters. The van der Waals surface area contributed by atoms with Crippen LogP contribution >= 0.6 is 0 Å². The molecule has 3 aromatic rings. The monoisotopic (exact) mass is 352 g/mol. The highest BCUT2D eigenvalue weighted by Crippen LogP contribution is 2.11. The number of hydrogen-bond donors (Lipinski definition) is 2. The fourth-order valence-electron chi connectivity index (χ4n) is 2.61. The number of carbonyl (C=O) groups is 2. The highest BCUT2D eigenvalue weighted by molar-refractivity contribution is 5.98. The van der Waals surface area contributed by atoms with E-state index in [1.54, 1.807) is 37.0 Å². The van der Waals surface area contributed by atoms with Gasteiger partial charge >= 0.3 is 0 Å². The predicted molar refractivity (Wildman–Crippen MR) is 96.7 cm³/mol. The molecule has 0 spiro atoms. The minimum Gasteiger partial charge on any atom is -0.342 e. The van der Waals surface area contributed by atoms with Crippen LogP contribution in [0.3, 0.4) is 0 Å². The van der Waals surface area contributed by atoms with E-state index in [0.717, 1.165) is 11.3 Å². The van der Waals surface area contributed by atoms with Crippen LogP contribution in [0.5, 0.6) is 0 Å². The normalized spacial score (nSPS) is 10.5. The Bertz CT molecular complexity index is 914. The minimum atomic E-state index is -0.337. The van der Waals surface area contributed by atoms with E-state index < -0.39 is 0 Å². The number of aryl methyl sites for hydroxylation is 2. The molecule has 1 aromatic carbocycles. The highest BCUT2D eigenvalue weighted by Gasteiger charge is 2.13. The van der Waals surface area contributed by atoms with E-state index in [0.29, 0.717) is 17.9 Å². The number of amides is 2. The fraction of sp³-hybridized carbons (Fsp3) is 0.222. The number of carbonyl (C=O) groups excluding carboxylic acids is 2. The van der Waals surface area contributed by atoms with Crippen molar-refractivity contribution >= 4 is 17.5 Å². The lowest BCUT2D eigenvalue weighted by Gasteiger charge is -2.09. The third-order valence-electron chi connectivity index (χ3n) is 3.76. The van der Waals surface area contributed by atoms with E-state index in [2.05, 4.69) is 20.8 Å². The van der Waals surface area contributed by atoms with Gasteiger partial charge in [0.2, 0.25) is 5.91 Å². The summed E-state index contributed by atoms with van der Waals surface area (Å²) in [6.45, 7) is 2.31. The van der Waals surface area contributed by atoms with E-state index in [-0.39, 0.29) is 18.4 Å². The molecule has 0 fully saturated rings. The number of nitrogens with zero attached hydrogens (tertiary/aromatic N) is 4. The van der Waals surface area contributed by atoms with Crippen molar-refractivity contribution in [3.8, 4) is 0 Å². The summed E-state index contributed by atoms with van der Waals surface area (Å²) in [7, 11) is 1.69. The number of benzene rings is 1. The molecule has 8 heteroatoms. The summed E-state index contributed by atoms with van der Waals surface area (Å²) in [5.41, 5.74) is 2.85. The van der Waals surface area contributed by atoms with Gasteiger partial charge in [0.05, 0.1) is 18.8 Å². The Labute approximate surface area is 150 Å². The summed E-state index contributed by atoms with van der Waals surface area (Å²) in [5, 5.41) is 13.7. The Morgan fingerprint density at radius 1 is 1.19 bits per heavy atom. The largest absolute Gasteiger partial charge is 0.342 e. The van der Waals surface area contributed by atoms with Crippen molar-refractivity contribution in [1.82, 2.24) is 24.9 Å². The Kier molecular flexibility index (Phi) is 5.12. The van der Waals surface area contributed by atoms with Crippen molar-refractivity contribution in [3.05, 3.63) is 65.7 Å². The standard InChI is InChI=1S/C18H20N6O2/c1-13-9-16(23(2)22-13)18(26)19-11-17(25)21-15-6-3-5-14(10-15)12-24-8-4-7-20-24/h3-10H,11-12H2,1-2H3,(H,19,26)(H,21,25). The van der Waals surface area contributed by atoms with E-state index in [9.17, 15) is 9.59 Å². The molecule has 134 valence electrons. The lowest BCUT2D eigenvalue weighted by molar-refractivity contribution is -0.115. The van der Waals surface area contributed by atoms with Gasteiger partial charge in [-0.3, -0.25) is 19.0 Å². The van der Waals surface area contributed by atoms with Gasteiger partial charge in [-0.15, -0.1) is 0 Å². The number of hydrogen-bond acceptors (Lipinski definition) is 4. The molecule has 0 aliphatic rings. The van der Waals surface area contributed by atoms with Crippen LogP contribution in [0.25, 0.3) is 0 Å². The van der Waals surface area contributed by atoms with Gasteiger partial charge in [-0.1, -0.05) is 12.1 Å². The average Bonchev–Trinajstić information content (AvgIpc) is 3.22. The summed E-state index contributed by atoms with van der Waals surface area (Å²) in [4.78, 5) is 24.2. The third-order valence-corrected chi connectivity index (χ3v) is 3.76. The highest BCUT2D eigenvalue weighted by atomic mass is 16.2. The first kappa shape index (κ1) is 17.4. The number of nitrogens with one attached hydrogen (secondary N) is 2. The van der Waals surface area contributed by atoms with Crippen molar-refractivity contribution in [2.45, 2.75) is 13.5 Å². The second-order valence-corrected chi connectivity index (χ2v) is 5.93. The zero-order chi connectivity index (χ0) is 18.5. The third kappa shape index (κ3) is 4.35. The Balaban J connectivity index is 1.55. The first-order valence-electron chi connectivity index (χ1n) is 8.16. The molecular formula is C18H20N6O2. The van der Waals surface area contributed by atoms with Gasteiger partial charge in [-0.25, -0.2) is 0 Å². The van der Waals surface area contributed by atoms with Crippen molar-refractivity contribution in [1.29, 1.82) is 0 Å². The van der Waals surface area contributed by atoms with Crippen LogP contribution < -0.4 is 10.6 Å². The number of aromatic nitrogens is 4. The molecule has 0 radical (unpaired) electrons. The average molecular weight is 352 g/mol. The maximum absolute atomic E-state index is 12.1. The van der Waals surface area contributed by atoms with Crippen molar-refractivity contribution in [3.63, 3.8) is 0 Å². The predicted octanol–water partition coefficient (Wildman–Crippen LogP) is 1.34. The summed E-state index contributed by atoms with van der Waals surface area (Å²) >= 11 is 0. The maximum Gasteiger partial charge on any atom is 0.269 e. The molecule has 0 aliphatic heterocycles. The summed E-state index contributed by atoms with van der Waals surface area (Å²) in [6, 6.07) is 11.0. The molecule has 0 aliphatic carbocycles. The van der Waals surface area contributed by atoms with E-state index in [1.807, 2.05) is 30.5 Å². The quantitative estimate of drug-likeness (QED) is 0.700. The SMILES string of the molecule is Cc1cc(C(=O)NCC(=O)Nc2cccc(Cn3cccn3)c2)n(C)n1. The van der Waals surface area contributed by atoms with Gasteiger partial charge in [-0.2, -0.15) is 10.2 Å². The van der Waals surface area contributed by atoms with Crippen LogP contribution in [-0.4, -0.2) is 37.9 Å². The Hall–Kier alpha value is -3.42. The lowest BCUT2D eigenvalue weighted by Crippen LogP contribution is -2.33. The summed E-state index contributed by atoms with van der Waals surface area (Å²) in [6.07, 6.45) is 3.60. The Morgan fingerprint density at radius 2 is 2.04 bits per heavy atom. The lowest BCUT2D eigenvalue weighted by atomic mass is 10.2. The van der Waals surface area contributed by atoms with E-state index in [1.165, 1.54) is 4.68 Å². The van der Waals surface area contributed by atoms with Gasteiger partial charge < -0.3 is 10.6 Å². The van der Waals surface area contributed by atoms with Gasteiger partial charge in [0.15, 0.2) is 0 Å². The van der Waals surface area contributed by atoms with Gasteiger partial charge in [0, 0.05) is 25.1 Å². The summed E-state index contributed by atoms with van der Waals surface area (Å²) < 4.78 is 3.29. The topological polar surface area (TPSA) is 93.8 Å². The zero-order valence-corrected chi connectivity index (χ0v) is 14.6. The van der Waals surface area contributed by atoms with Crippen molar-refractivity contribution < 1.29 is 9.59 Å². The molecule has 2 aromatic heterocycles. The molecule has 8 nitrogen and oxygen atoms in total.